The van der Waals surface area contributed by atoms with Crippen LogP contribution in [-0.2, 0) is 0 Å². The fourth-order valence-electron chi connectivity index (χ4n) is 3.89. The highest BCUT2D eigenvalue weighted by molar-refractivity contribution is 5.96. The number of carbonyl (C=O) groups is 1. The van der Waals surface area contributed by atoms with Crippen LogP contribution in [0.1, 0.15) is 28.5 Å². The number of aromatic amines is 1. The van der Waals surface area contributed by atoms with Crippen LogP contribution in [0.5, 0.6) is 17.2 Å². The van der Waals surface area contributed by atoms with Gasteiger partial charge in [-0.1, -0.05) is 0 Å². The zero-order valence-electron chi connectivity index (χ0n) is 18.1. The number of nitrogens with one attached hydrogen (secondary N) is 1. The Labute approximate surface area is 185 Å². The second kappa shape index (κ2) is 9.09. The lowest BCUT2D eigenvalue weighted by Gasteiger charge is -2.19. The molecule has 0 bridgehead atoms. The molecular weight excluding hydrogens is 412 g/mol. The predicted octanol–water partition coefficient (Wildman–Crippen LogP) is 2.49. The molecule has 0 aliphatic carbocycles. The Morgan fingerprint density at radius 1 is 1.12 bits per heavy atom. The summed E-state index contributed by atoms with van der Waals surface area (Å²) in [6.07, 6.45) is 4.03. The Hall–Kier alpha value is -3.88. The fourth-order valence-corrected chi connectivity index (χ4v) is 3.89. The van der Waals surface area contributed by atoms with E-state index in [-0.39, 0.29) is 17.4 Å². The second-order valence-corrected chi connectivity index (χ2v) is 7.41. The first-order chi connectivity index (χ1) is 15.5. The number of methoxy groups -OCH3 is 3. The molecule has 9 nitrogen and oxygen atoms in total. The first-order valence-electron chi connectivity index (χ1n) is 10.1. The number of hydrogen-bond donors (Lipinski definition) is 1. The standard InChI is InChI=1S/C23H24N4O5/c1-30-18-9-16(10-19(31-2)21(18)32-3)23(29)27-8-6-15(13-27)22-25-17(11-20(28)26-22)14-5-4-7-24-12-14/h4-5,7,9-12,15H,6,8,13H2,1-3H3,(H,25,26,28)/t15-/m1/s1. The van der Waals surface area contributed by atoms with Gasteiger partial charge in [-0.25, -0.2) is 4.98 Å². The van der Waals surface area contributed by atoms with Crippen LogP contribution >= 0.6 is 0 Å². The number of aromatic nitrogens is 3. The van der Waals surface area contributed by atoms with Crippen LogP contribution in [0.2, 0.25) is 0 Å². The minimum absolute atomic E-state index is 0.0784. The Bertz CT molecular complexity index is 1150. The van der Waals surface area contributed by atoms with Crippen LogP contribution in [0, 0.1) is 0 Å². The Morgan fingerprint density at radius 2 is 1.88 bits per heavy atom. The van der Waals surface area contributed by atoms with E-state index >= 15 is 0 Å². The van der Waals surface area contributed by atoms with E-state index in [2.05, 4.69) is 15.0 Å². The molecule has 0 radical (unpaired) electrons. The topological polar surface area (TPSA) is 107 Å². The van der Waals surface area contributed by atoms with Gasteiger partial charge in [0.2, 0.25) is 5.75 Å². The molecule has 1 fully saturated rings. The van der Waals surface area contributed by atoms with Gasteiger partial charge in [0.15, 0.2) is 11.5 Å². The van der Waals surface area contributed by atoms with Crippen molar-refractivity contribution in [3.63, 3.8) is 0 Å². The molecule has 1 aliphatic rings. The van der Waals surface area contributed by atoms with E-state index in [1.807, 2.05) is 6.07 Å². The molecule has 3 heterocycles. The highest BCUT2D eigenvalue weighted by Gasteiger charge is 2.31. The summed E-state index contributed by atoms with van der Waals surface area (Å²) < 4.78 is 16.1. The number of carbonyl (C=O) groups excluding carboxylic acids is 1. The minimum atomic E-state index is -0.233. The highest BCUT2D eigenvalue weighted by Crippen LogP contribution is 2.39. The zero-order valence-corrected chi connectivity index (χ0v) is 18.1. The molecule has 0 spiro atoms. The molecule has 1 saturated heterocycles. The third-order valence-corrected chi connectivity index (χ3v) is 5.49. The number of rotatable bonds is 6. The van der Waals surface area contributed by atoms with Crippen LogP contribution < -0.4 is 19.8 Å². The molecule has 32 heavy (non-hydrogen) atoms. The van der Waals surface area contributed by atoms with Gasteiger partial charge in [0.05, 0.1) is 27.0 Å². The second-order valence-electron chi connectivity index (χ2n) is 7.41. The number of nitrogens with zero attached hydrogens (tertiary/aromatic N) is 3. The van der Waals surface area contributed by atoms with Crippen molar-refractivity contribution < 1.29 is 19.0 Å². The van der Waals surface area contributed by atoms with Crippen LogP contribution in [0.25, 0.3) is 11.3 Å². The molecule has 1 aromatic carbocycles. The molecule has 3 aromatic rings. The lowest BCUT2D eigenvalue weighted by Crippen LogP contribution is -2.29. The third-order valence-electron chi connectivity index (χ3n) is 5.49. The summed E-state index contributed by atoms with van der Waals surface area (Å²) >= 11 is 0. The normalized spacial score (nSPS) is 15.5. The third kappa shape index (κ3) is 4.14. The quantitative estimate of drug-likeness (QED) is 0.633. The number of likely N-dealkylation sites (tertiary alicyclic amines) is 1. The summed E-state index contributed by atoms with van der Waals surface area (Å²) in [4.78, 5) is 38.7. The molecule has 9 heteroatoms. The Kier molecular flexibility index (Phi) is 6.07. The van der Waals surface area contributed by atoms with Crippen molar-refractivity contribution in [1.29, 1.82) is 0 Å². The van der Waals surface area contributed by atoms with E-state index in [4.69, 9.17) is 14.2 Å². The molecule has 1 aliphatic heterocycles. The summed E-state index contributed by atoms with van der Waals surface area (Å²) in [6, 6.07) is 8.38. The Balaban J connectivity index is 1.57. The monoisotopic (exact) mass is 436 g/mol. The van der Waals surface area contributed by atoms with Gasteiger partial charge in [-0.2, -0.15) is 0 Å². The molecule has 1 atom stereocenters. The van der Waals surface area contributed by atoms with Crippen LogP contribution in [0.3, 0.4) is 0 Å². The summed E-state index contributed by atoms with van der Waals surface area (Å²) in [6.45, 7) is 0.982. The van der Waals surface area contributed by atoms with E-state index in [0.29, 0.717) is 53.8 Å². The van der Waals surface area contributed by atoms with Crippen molar-refractivity contribution in [2.24, 2.45) is 0 Å². The summed E-state index contributed by atoms with van der Waals surface area (Å²) in [5, 5.41) is 0. The van der Waals surface area contributed by atoms with Crippen LogP contribution in [-0.4, -0.2) is 60.2 Å². The maximum absolute atomic E-state index is 13.2. The molecule has 4 rings (SSSR count). The minimum Gasteiger partial charge on any atom is -0.493 e. The number of amides is 1. The molecule has 2 aromatic heterocycles. The highest BCUT2D eigenvalue weighted by atomic mass is 16.5. The van der Waals surface area contributed by atoms with Crippen molar-refractivity contribution in [3.8, 4) is 28.5 Å². The maximum atomic E-state index is 13.2. The Morgan fingerprint density at radius 3 is 2.50 bits per heavy atom. The van der Waals surface area contributed by atoms with Gasteiger partial charge in [0.1, 0.15) is 5.82 Å². The number of H-pyrrole nitrogens is 1. The van der Waals surface area contributed by atoms with Gasteiger partial charge in [-0.05, 0) is 30.7 Å². The summed E-state index contributed by atoms with van der Waals surface area (Å²) in [5.74, 6) is 1.60. The molecule has 166 valence electrons. The fraction of sp³-hybridized carbons (Fsp3) is 0.304. The molecule has 0 saturated carbocycles. The van der Waals surface area contributed by atoms with E-state index in [9.17, 15) is 9.59 Å². The van der Waals surface area contributed by atoms with Crippen LogP contribution in [0.4, 0.5) is 0 Å². The van der Waals surface area contributed by atoms with Gasteiger partial charge in [-0.15, -0.1) is 0 Å². The SMILES string of the molecule is COc1cc(C(=O)N2CC[C@@H](c3nc(-c4cccnc4)cc(=O)[nH]3)C2)cc(OC)c1OC. The van der Waals surface area contributed by atoms with Crippen molar-refractivity contribution in [1.82, 2.24) is 19.9 Å². The van der Waals surface area contributed by atoms with E-state index in [0.717, 1.165) is 5.56 Å². The van der Waals surface area contributed by atoms with E-state index in [1.165, 1.54) is 27.4 Å². The van der Waals surface area contributed by atoms with Gasteiger partial charge >= 0.3 is 0 Å². The number of hydrogen-bond acceptors (Lipinski definition) is 7. The van der Waals surface area contributed by atoms with Crippen molar-refractivity contribution in [2.75, 3.05) is 34.4 Å². The van der Waals surface area contributed by atoms with Crippen molar-refractivity contribution >= 4 is 5.91 Å². The smallest absolute Gasteiger partial charge is 0.254 e. The zero-order chi connectivity index (χ0) is 22.7. The average Bonchev–Trinajstić information content (AvgIpc) is 3.33. The number of benzene rings is 1. The lowest BCUT2D eigenvalue weighted by molar-refractivity contribution is 0.0789. The largest absolute Gasteiger partial charge is 0.493 e. The van der Waals surface area contributed by atoms with Crippen molar-refractivity contribution in [3.05, 3.63) is 64.5 Å². The predicted molar refractivity (Wildman–Crippen MR) is 117 cm³/mol. The molecule has 1 N–H and O–H groups in total. The van der Waals surface area contributed by atoms with E-state index in [1.54, 1.807) is 35.5 Å². The first kappa shape index (κ1) is 21.4. The first-order valence-corrected chi connectivity index (χ1v) is 10.1. The van der Waals surface area contributed by atoms with Crippen molar-refractivity contribution in [2.45, 2.75) is 12.3 Å². The number of pyridine rings is 1. The van der Waals surface area contributed by atoms with Gasteiger partial charge < -0.3 is 24.1 Å². The number of ether oxygens (including phenoxy) is 3. The van der Waals surface area contributed by atoms with E-state index < -0.39 is 0 Å². The van der Waals surface area contributed by atoms with Gasteiger partial charge in [0, 0.05) is 48.6 Å². The average molecular weight is 436 g/mol. The van der Waals surface area contributed by atoms with Gasteiger partial charge in [-0.3, -0.25) is 14.6 Å². The van der Waals surface area contributed by atoms with Gasteiger partial charge in [0.25, 0.3) is 11.5 Å². The lowest BCUT2D eigenvalue weighted by atomic mass is 10.1. The summed E-state index contributed by atoms with van der Waals surface area (Å²) in [7, 11) is 4.53. The summed E-state index contributed by atoms with van der Waals surface area (Å²) in [5.41, 5.74) is 1.53. The molecule has 1 amide bonds. The van der Waals surface area contributed by atoms with Crippen LogP contribution in [0.15, 0.2) is 47.5 Å². The maximum Gasteiger partial charge on any atom is 0.254 e. The molecule has 0 unspecified atom stereocenters. The molecular formula is C23H24N4O5.